The number of hydrogen-bond donors (Lipinski definition) is 5. The van der Waals surface area contributed by atoms with Crippen LogP contribution in [0.25, 0.3) is 0 Å². The fraction of sp³-hybridized carbons (Fsp3) is 0.833. The summed E-state index contributed by atoms with van der Waals surface area (Å²) < 4.78 is 0. The predicted octanol–water partition coefficient (Wildman–Crippen LogP) is -3.41. The Morgan fingerprint density at radius 3 is 2.17 bits per heavy atom. The molecule has 0 fully saturated rings. The van der Waals surface area contributed by atoms with Crippen molar-refractivity contribution in [3.8, 4) is 0 Å². The second-order valence-corrected chi connectivity index (χ2v) is 2.44. The van der Waals surface area contributed by atoms with Gasteiger partial charge in [-0.3, -0.25) is 0 Å². The van der Waals surface area contributed by atoms with Gasteiger partial charge in [-0.2, -0.15) is 0 Å². The number of rotatable bonds is 5. The molecule has 6 heteroatoms. The second kappa shape index (κ2) is 5.18. The molecule has 0 rings (SSSR count). The zero-order valence-corrected chi connectivity index (χ0v) is 6.37. The van der Waals surface area contributed by atoms with Gasteiger partial charge in [0.2, 0.25) is 0 Å². The van der Waals surface area contributed by atoms with Crippen LogP contribution < -0.4 is 5.73 Å². The number of aliphatic hydroxyl groups excluding tert-OH is 4. The van der Waals surface area contributed by atoms with Crippen molar-refractivity contribution in [3.05, 3.63) is 0 Å². The van der Waals surface area contributed by atoms with E-state index in [-0.39, 0.29) is 6.29 Å². The number of hydrogen-bond acceptors (Lipinski definition) is 6. The van der Waals surface area contributed by atoms with Gasteiger partial charge in [0.1, 0.15) is 24.6 Å². The Labute approximate surface area is 69.2 Å². The van der Waals surface area contributed by atoms with Crippen LogP contribution in [-0.2, 0) is 4.79 Å². The van der Waals surface area contributed by atoms with Gasteiger partial charge in [-0.25, -0.2) is 0 Å². The largest absolute Gasteiger partial charge is 0.394 e. The summed E-state index contributed by atoms with van der Waals surface area (Å²) in [5, 5.41) is 35.0. The number of carbonyl (C=O) groups is 1. The smallest absolute Gasteiger partial charge is 0.150 e. The normalized spacial score (nSPS) is 21.1. The molecule has 0 heterocycles. The molecule has 0 saturated carbocycles. The summed E-state index contributed by atoms with van der Waals surface area (Å²) >= 11 is 0. The molecular weight excluding hydrogens is 166 g/mol. The molecule has 0 aliphatic heterocycles. The summed E-state index contributed by atoms with van der Waals surface area (Å²) in [4.78, 5) is 9.98. The van der Waals surface area contributed by atoms with E-state index in [4.69, 9.17) is 26.2 Å². The Kier molecular flexibility index (Phi) is 4.95. The molecule has 0 aliphatic rings. The van der Waals surface area contributed by atoms with Gasteiger partial charge in [-0.15, -0.1) is 0 Å². The molecule has 0 amide bonds. The van der Waals surface area contributed by atoms with Gasteiger partial charge in [0.05, 0.1) is 12.6 Å². The predicted molar refractivity (Wildman–Crippen MR) is 39.1 cm³/mol. The van der Waals surface area contributed by atoms with Crippen LogP contribution in [0.15, 0.2) is 0 Å². The molecule has 0 unspecified atom stereocenters. The minimum atomic E-state index is -1.54. The van der Waals surface area contributed by atoms with Crippen molar-refractivity contribution < 1.29 is 25.2 Å². The first-order valence-electron chi connectivity index (χ1n) is 3.40. The first-order chi connectivity index (χ1) is 5.54. The molecular formula is C6H13NO5. The monoisotopic (exact) mass is 179 g/mol. The maximum atomic E-state index is 9.98. The van der Waals surface area contributed by atoms with Crippen LogP contribution in [0.1, 0.15) is 0 Å². The Morgan fingerprint density at radius 1 is 1.33 bits per heavy atom. The maximum absolute atomic E-state index is 9.98. The molecule has 0 saturated heterocycles. The lowest BCUT2D eigenvalue weighted by atomic mass is 10.0. The van der Waals surface area contributed by atoms with Crippen molar-refractivity contribution in [2.45, 2.75) is 24.4 Å². The molecule has 0 bridgehead atoms. The van der Waals surface area contributed by atoms with Gasteiger partial charge in [-0.05, 0) is 0 Å². The zero-order chi connectivity index (χ0) is 9.72. The number of nitrogens with two attached hydrogens (primary N) is 1. The Balaban J connectivity index is 4.07. The topological polar surface area (TPSA) is 124 Å². The van der Waals surface area contributed by atoms with Gasteiger partial charge in [-0.1, -0.05) is 0 Å². The molecule has 12 heavy (non-hydrogen) atoms. The van der Waals surface area contributed by atoms with E-state index in [1.807, 2.05) is 0 Å². The number of aliphatic hydroxyl groups is 4. The molecule has 4 atom stereocenters. The van der Waals surface area contributed by atoms with Crippen LogP contribution in [0.5, 0.6) is 0 Å². The Morgan fingerprint density at radius 2 is 1.83 bits per heavy atom. The lowest BCUT2D eigenvalue weighted by Crippen LogP contribution is -2.51. The second-order valence-electron chi connectivity index (χ2n) is 2.44. The highest BCUT2D eigenvalue weighted by molar-refractivity contribution is 5.57. The van der Waals surface area contributed by atoms with Gasteiger partial charge < -0.3 is 31.0 Å². The lowest BCUT2D eigenvalue weighted by molar-refractivity contribution is -0.119. The van der Waals surface area contributed by atoms with E-state index in [2.05, 4.69) is 0 Å². The first kappa shape index (κ1) is 11.5. The van der Waals surface area contributed by atoms with Gasteiger partial charge in [0, 0.05) is 0 Å². The summed E-state index contributed by atoms with van der Waals surface area (Å²) in [7, 11) is 0. The molecule has 0 aromatic rings. The van der Waals surface area contributed by atoms with Crippen LogP contribution in [-0.4, -0.2) is 57.7 Å². The molecule has 6 N–H and O–H groups in total. The van der Waals surface area contributed by atoms with Crippen molar-refractivity contribution >= 4 is 6.29 Å². The highest BCUT2D eigenvalue weighted by Gasteiger charge is 2.27. The average Bonchev–Trinajstić information content (AvgIpc) is 2.12. The van der Waals surface area contributed by atoms with Crippen LogP contribution in [0.3, 0.4) is 0 Å². The lowest BCUT2D eigenvalue weighted by Gasteiger charge is -2.23. The van der Waals surface area contributed by atoms with Gasteiger partial charge >= 0.3 is 0 Å². The van der Waals surface area contributed by atoms with Crippen LogP contribution in [0, 0.1) is 0 Å². The van der Waals surface area contributed by atoms with Crippen molar-refractivity contribution in [2.24, 2.45) is 5.73 Å². The highest BCUT2D eigenvalue weighted by Crippen LogP contribution is 2.00. The molecule has 0 aliphatic carbocycles. The highest BCUT2D eigenvalue weighted by atomic mass is 16.4. The minimum absolute atomic E-state index is 0.151. The summed E-state index contributed by atoms with van der Waals surface area (Å²) in [5.74, 6) is 0. The molecule has 0 radical (unpaired) electrons. The summed E-state index contributed by atoms with van der Waals surface area (Å²) in [6.07, 6.45) is -4.36. The maximum Gasteiger partial charge on any atom is 0.150 e. The summed E-state index contributed by atoms with van der Waals surface area (Å²) in [6.45, 7) is -0.680. The third-order valence-electron chi connectivity index (χ3n) is 1.51. The fourth-order valence-corrected chi connectivity index (χ4v) is 0.657. The van der Waals surface area contributed by atoms with Crippen molar-refractivity contribution in [1.82, 2.24) is 0 Å². The molecule has 0 spiro atoms. The molecule has 0 aromatic carbocycles. The molecule has 6 nitrogen and oxygen atoms in total. The SMILES string of the molecule is N[C@@H]([C@H](O)[C@H](O)CO)[C@H](O)C=O. The molecule has 72 valence electrons. The van der Waals surface area contributed by atoms with E-state index < -0.39 is 31.0 Å². The van der Waals surface area contributed by atoms with Gasteiger partial charge in [0.15, 0.2) is 0 Å². The summed E-state index contributed by atoms with van der Waals surface area (Å²) in [5.41, 5.74) is 5.15. The quantitative estimate of drug-likeness (QED) is 0.280. The third kappa shape index (κ3) is 2.84. The number of aldehydes is 1. The van der Waals surface area contributed by atoms with E-state index >= 15 is 0 Å². The Bertz CT molecular complexity index is 142. The van der Waals surface area contributed by atoms with E-state index in [9.17, 15) is 4.79 Å². The van der Waals surface area contributed by atoms with Crippen molar-refractivity contribution in [3.63, 3.8) is 0 Å². The van der Waals surface area contributed by atoms with Crippen LogP contribution in [0.4, 0.5) is 0 Å². The van der Waals surface area contributed by atoms with E-state index in [0.717, 1.165) is 0 Å². The zero-order valence-electron chi connectivity index (χ0n) is 6.37. The van der Waals surface area contributed by atoms with Crippen LogP contribution >= 0.6 is 0 Å². The van der Waals surface area contributed by atoms with Crippen LogP contribution in [0.2, 0.25) is 0 Å². The minimum Gasteiger partial charge on any atom is -0.394 e. The van der Waals surface area contributed by atoms with Crippen molar-refractivity contribution in [1.29, 1.82) is 0 Å². The van der Waals surface area contributed by atoms with Gasteiger partial charge in [0.25, 0.3) is 0 Å². The number of carbonyl (C=O) groups excluding carboxylic acids is 1. The van der Waals surface area contributed by atoms with E-state index in [1.54, 1.807) is 0 Å². The standard InChI is InChI=1S/C6H13NO5/c7-5(3(10)1-8)6(12)4(11)2-9/h1,3-6,9-12H,2,7H2/t3-,4-,5-,6-/m1/s1. The summed E-state index contributed by atoms with van der Waals surface area (Å²) in [6, 6.07) is -1.29. The van der Waals surface area contributed by atoms with E-state index in [1.165, 1.54) is 0 Å². The Hall–Kier alpha value is -0.530. The molecule has 0 aromatic heterocycles. The fourth-order valence-electron chi connectivity index (χ4n) is 0.657. The van der Waals surface area contributed by atoms with Crippen molar-refractivity contribution in [2.75, 3.05) is 6.61 Å². The first-order valence-corrected chi connectivity index (χ1v) is 3.40. The van der Waals surface area contributed by atoms with E-state index in [0.29, 0.717) is 0 Å². The third-order valence-corrected chi connectivity index (χ3v) is 1.51. The average molecular weight is 179 g/mol.